The molecule has 1 heterocycles. The molecule has 0 fully saturated rings. The molecule has 1 aromatic carbocycles. The molecule has 19 heavy (non-hydrogen) atoms. The first-order chi connectivity index (χ1) is 8.88. The van der Waals surface area contributed by atoms with Gasteiger partial charge in [0.2, 0.25) is 0 Å². The van der Waals surface area contributed by atoms with E-state index in [2.05, 4.69) is 41.6 Å². The van der Waals surface area contributed by atoms with Crippen LogP contribution in [0.5, 0.6) is 0 Å². The molecule has 0 bridgehead atoms. The molecule has 8 heteroatoms. The summed E-state index contributed by atoms with van der Waals surface area (Å²) in [5.74, 6) is -0.497. The number of hydrogen-bond acceptors (Lipinski definition) is 3. The van der Waals surface area contributed by atoms with Gasteiger partial charge >= 0.3 is 0 Å². The fraction of sp³-hybridized carbons (Fsp3) is 0. The van der Waals surface area contributed by atoms with Crippen molar-refractivity contribution in [3.63, 3.8) is 0 Å². The minimum atomic E-state index is -3.86. The maximum Gasteiger partial charge on any atom is 0.263 e. The number of aromatic nitrogens is 1. The lowest BCUT2D eigenvalue weighted by molar-refractivity contribution is 0.593. The molecule has 2 aromatic rings. The largest absolute Gasteiger partial charge is 0.263 e. The van der Waals surface area contributed by atoms with E-state index in [1.165, 1.54) is 24.4 Å². The molecule has 0 amide bonds. The summed E-state index contributed by atoms with van der Waals surface area (Å²) in [6.45, 7) is 0. The van der Waals surface area contributed by atoms with Crippen LogP contribution in [0.25, 0.3) is 0 Å². The Morgan fingerprint density at radius 2 is 1.89 bits per heavy atom. The predicted octanol–water partition coefficient (Wildman–Crippen LogP) is 3.55. The van der Waals surface area contributed by atoms with Crippen molar-refractivity contribution in [2.75, 3.05) is 4.72 Å². The Hall–Kier alpha value is -0.990. The third-order valence-corrected chi connectivity index (χ3v) is 4.65. The minimum Gasteiger partial charge on any atom is -0.263 e. The highest BCUT2D eigenvalue weighted by molar-refractivity contribution is 9.10. The first kappa shape index (κ1) is 14.4. The number of sulfonamides is 1. The van der Waals surface area contributed by atoms with Crippen LogP contribution in [0.3, 0.4) is 0 Å². The van der Waals surface area contributed by atoms with Crippen molar-refractivity contribution in [3.05, 3.63) is 51.3 Å². The van der Waals surface area contributed by atoms with E-state index < -0.39 is 15.8 Å². The molecule has 0 saturated heterocycles. The summed E-state index contributed by atoms with van der Waals surface area (Å²) in [5.41, 5.74) is 0. The zero-order chi connectivity index (χ0) is 14.0. The van der Waals surface area contributed by atoms with Crippen LogP contribution in [0.4, 0.5) is 10.2 Å². The molecule has 0 aliphatic rings. The van der Waals surface area contributed by atoms with Crippen LogP contribution in [0.15, 0.2) is 50.4 Å². The number of hydrogen-bond donors (Lipinski definition) is 1. The number of anilines is 1. The van der Waals surface area contributed by atoms with Crippen LogP contribution in [0, 0.1) is 5.82 Å². The molecule has 0 saturated carbocycles. The number of nitrogens with zero attached hydrogens (tertiary/aromatic N) is 1. The molecule has 4 nitrogen and oxygen atoms in total. The number of benzene rings is 1. The van der Waals surface area contributed by atoms with Gasteiger partial charge in [-0.15, -0.1) is 0 Å². The Bertz CT molecular complexity index is 722. The van der Waals surface area contributed by atoms with Crippen molar-refractivity contribution in [2.24, 2.45) is 0 Å². The molecule has 0 radical (unpaired) electrons. The van der Waals surface area contributed by atoms with Crippen LogP contribution < -0.4 is 4.72 Å². The van der Waals surface area contributed by atoms with Gasteiger partial charge in [-0.1, -0.05) is 15.9 Å². The lowest BCUT2D eigenvalue weighted by Crippen LogP contribution is -2.14. The normalized spacial score (nSPS) is 11.3. The van der Waals surface area contributed by atoms with Crippen LogP contribution in [-0.4, -0.2) is 13.4 Å². The van der Waals surface area contributed by atoms with Crippen molar-refractivity contribution < 1.29 is 12.8 Å². The maximum atomic E-state index is 13.4. The molecule has 0 aliphatic carbocycles. The smallest absolute Gasteiger partial charge is 0.263 e. The van der Waals surface area contributed by atoms with Gasteiger partial charge in [0.1, 0.15) is 11.6 Å². The van der Waals surface area contributed by atoms with Crippen molar-refractivity contribution in [2.45, 2.75) is 4.90 Å². The summed E-state index contributed by atoms with van der Waals surface area (Å²) in [4.78, 5) is 3.70. The maximum absolute atomic E-state index is 13.4. The molecule has 0 spiro atoms. The number of halogens is 3. The van der Waals surface area contributed by atoms with Gasteiger partial charge in [-0.05, 0) is 46.3 Å². The molecule has 2 rings (SSSR count). The average Bonchev–Trinajstić information content (AvgIpc) is 2.32. The molecule has 1 N–H and O–H groups in total. The predicted molar refractivity (Wildman–Crippen MR) is 76.8 cm³/mol. The first-order valence-electron chi connectivity index (χ1n) is 4.98. The van der Waals surface area contributed by atoms with Gasteiger partial charge in [0.25, 0.3) is 10.0 Å². The second kappa shape index (κ2) is 5.56. The van der Waals surface area contributed by atoms with Crippen LogP contribution in [0.1, 0.15) is 0 Å². The van der Waals surface area contributed by atoms with Crippen molar-refractivity contribution >= 4 is 47.7 Å². The zero-order valence-electron chi connectivity index (χ0n) is 9.27. The van der Waals surface area contributed by atoms with Crippen molar-refractivity contribution in [1.29, 1.82) is 0 Å². The van der Waals surface area contributed by atoms with Crippen LogP contribution in [0.2, 0.25) is 0 Å². The Kier molecular flexibility index (Phi) is 4.22. The topological polar surface area (TPSA) is 59.1 Å². The van der Waals surface area contributed by atoms with E-state index in [0.717, 1.165) is 6.07 Å². The fourth-order valence-electron chi connectivity index (χ4n) is 1.30. The zero-order valence-corrected chi connectivity index (χ0v) is 13.3. The average molecular weight is 410 g/mol. The van der Waals surface area contributed by atoms with Gasteiger partial charge in [-0.3, -0.25) is 4.72 Å². The SMILES string of the molecule is O=S(=O)(Nc1cc(Br)ccn1)c1ccc(Br)c(F)c1. The quantitative estimate of drug-likeness (QED) is 0.843. The molecule has 0 atom stereocenters. The summed E-state index contributed by atoms with van der Waals surface area (Å²) in [7, 11) is -3.86. The third kappa shape index (κ3) is 3.52. The Morgan fingerprint density at radius 3 is 2.53 bits per heavy atom. The molecular weight excluding hydrogens is 403 g/mol. The summed E-state index contributed by atoms with van der Waals surface area (Å²) in [5, 5.41) is 0. The third-order valence-electron chi connectivity index (χ3n) is 2.16. The van der Waals surface area contributed by atoms with Gasteiger partial charge in [-0.2, -0.15) is 0 Å². The molecule has 0 unspecified atom stereocenters. The second-order valence-electron chi connectivity index (χ2n) is 3.54. The standard InChI is InChI=1S/C11H7Br2FN2O2S/c12-7-3-4-15-11(5-7)16-19(17,18)8-1-2-9(13)10(14)6-8/h1-6H,(H,15,16). The number of nitrogens with one attached hydrogen (secondary N) is 1. The lowest BCUT2D eigenvalue weighted by atomic mass is 10.3. The fourth-order valence-corrected chi connectivity index (χ4v) is 2.89. The molecule has 1 aromatic heterocycles. The Labute approximate surface area is 126 Å². The van der Waals surface area contributed by atoms with E-state index in [1.54, 1.807) is 6.07 Å². The second-order valence-corrected chi connectivity index (χ2v) is 6.99. The lowest BCUT2D eigenvalue weighted by Gasteiger charge is -2.08. The van der Waals surface area contributed by atoms with Crippen molar-refractivity contribution in [1.82, 2.24) is 4.98 Å². The van der Waals surface area contributed by atoms with Crippen LogP contribution >= 0.6 is 31.9 Å². The van der Waals surface area contributed by atoms with Crippen LogP contribution in [-0.2, 0) is 10.0 Å². The van der Waals surface area contributed by atoms with E-state index in [0.29, 0.717) is 4.47 Å². The molecule has 0 aliphatic heterocycles. The van der Waals surface area contributed by atoms with Gasteiger partial charge in [0, 0.05) is 10.7 Å². The monoisotopic (exact) mass is 408 g/mol. The van der Waals surface area contributed by atoms with Gasteiger partial charge in [-0.25, -0.2) is 17.8 Å². The Morgan fingerprint density at radius 1 is 1.16 bits per heavy atom. The van der Waals surface area contributed by atoms with E-state index >= 15 is 0 Å². The van der Waals surface area contributed by atoms with Gasteiger partial charge in [0.15, 0.2) is 0 Å². The molecular formula is C11H7Br2FN2O2S. The summed E-state index contributed by atoms with van der Waals surface area (Å²) >= 11 is 6.17. The minimum absolute atomic E-state index is 0.151. The molecule has 100 valence electrons. The highest BCUT2D eigenvalue weighted by atomic mass is 79.9. The summed E-state index contributed by atoms with van der Waals surface area (Å²) in [6.07, 6.45) is 1.45. The summed E-state index contributed by atoms with van der Waals surface area (Å²) in [6, 6.07) is 6.74. The summed E-state index contributed by atoms with van der Waals surface area (Å²) < 4.78 is 40.6. The Balaban J connectivity index is 2.35. The van der Waals surface area contributed by atoms with E-state index in [1.807, 2.05) is 0 Å². The van der Waals surface area contributed by atoms with E-state index in [-0.39, 0.29) is 15.2 Å². The highest BCUT2D eigenvalue weighted by Crippen LogP contribution is 2.21. The number of rotatable bonds is 3. The van der Waals surface area contributed by atoms with Gasteiger partial charge in [0.05, 0.1) is 9.37 Å². The first-order valence-corrected chi connectivity index (χ1v) is 8.05. The number of pyridine rings is 1. The van der Waals surface area contributed by atoms with Gasteiger partial charge < -0.3 is 0 Å². The van der Waals surface area contributed by atoms with Crippen molar-refractivity contribution in [3.8, 4) is 0 Å². The van der Waals surface area contributed by atoms with E-state index in [4.69, 9.17) is 0 Å². The van der Waals surface area contributed by atoms with E-state index in [9.17, 15) is 12.8 Å². The highest BCUT2D eigenvalue weighted by Gasteiger charge is 2.16.